The molecule has 0 spiro atoms. The molecule has 0 unspecified atom stereocenters. The highest BCUT2D eigenvalue weighted by atomic mass is 16.5. The van der Waals surface area contributed by atoms with Crippen molar-refractivity contribution in [3.63, 3.8) is 0 Å². The molecule has 1 fully saturated rings. The molecular formula is C18H20N2O5. The number of benzene rings is 1. The standard InChI is InChI=1S/C18H20N2O5/c1-10-14(17(22)25-3)15(19-18(23)20(10)13-8-9-13)11-4-6-12(7-5-11)16(21)24-2/h4-7,13,15H,8-9H2,1-3H3,(H,19,23)/t15-/m1/s1. The van der Waals surface area contributed by atoms with Gasteiger partial charge in [0, 0.05) is 11.7 Å². The second kappa shape index (κ2) is 6.58. The number of carbonyl (C=O) groups is 3. The number of ether oxygens (including phenoxy) is 2. The molecule has 2 amide bonds. The Labute approximate surface area is 145 Å². The number of allylic oxidation sites excluding steroid dienone is 1. The van der Waals surface area contributed by atoms with E-state index in [1.54, 1.807) is 36.1 Å². The lowest BCUT2D eigenvalue weighted by Gasteiger charge is -2.35. The Morgan fingerprint density at radius 1 is 1.08 bits per heavy atom. The largest absolute Gasteiger partial charge is 0.466 e. The summed E-state index contributed by atoms with van der Waals surface area (Å²) in [5.74, 6) is -0.927. The number of rotatable bonds is 4. The summed E-state index contributed by atoms with van der Waals surface area (Å²) >= 11 is 0. The fourth-order valence-electron chi connectivity index (χ4n) is 3.08. The Kier molecular flexibility index (Phi) is 4.48. The van der Waals surface area contributed by atoms with Crippen LogP contribution in [0.4, 0.5) is 4.79 Å². The zero-order valence-electron chi connectivity index (χ0n) is 14.4. The Morgan fingerprint density at radius 3 is 2.20 bits per heavy atom. The number of methoxy groups -OCH3 is 2. The van der Waals surface area contributed by atoms with E-state index in [-0.39, 0.29) is 12.1 Å². The van der Waals surface area contributed by atoms with E-state index in [1.807, 2.05) is 0 Å². The summed E-state index contributed by atoms with van der Waals surface area (Å²) in [6.45, 7) is 1.76. The predicted octanol–water partition coefficient (Wildman–Crippen LogP) is 2.15. The van der Waals surface area contributed by atoms with Crippen molar-refractivity contribution < 1.29 is 23.9 Å². The second-order valence-corrected chi connectivity index (χ2v) is 6.09. The molecule has 0 bridgehead atoms. The van der Waals surface area contributed by atoms with Crippen LogP contribution >= 0.6 is 0 Å². The predicted molar refractivity (Wildman–Crippen MR) is 88.6 cm³/mol. The number of urea groups is 1. The Balaban J connectivity index is 2.00. The third kappa shape index (κ3) is 3.09. The lowest BCUT2D eigenvalue weighted by Crippen LogP contribution is -2.48. The molecule has 25 heavy (non-hydrogen) atoms. The summed E-state index contributed by atoms with van der Waals surface area (Å²) in [7, 11) is 2.63. The first-order chi connectivity index (χ1) is 12.0. The number of hydrogen-bond donors (Lipinski definition) is 1. The van der Waals surface area contributed by atoms with Crippen molar-refractivity contribution in [1.82, 2.24) is 10.2 Å². The molecule has 1 aromatic rings. The molecule has 2 aliphatic rings. The summed E-state index contributed by atoms with van der Waals surface area (Å²) < 4.78 is 9.61. The van der Waals surface area contributed by atoms with Gasteiger partial charge >= 0.3 is 18.0 Å². The zero-order chi connectivity index (χ0) is 18.1. The number of amides is 2. The topological polar surface area (TPSA) is 84.9 Å². The van der Waals surface area contributed by atoms with E-state index < -0.39 is 18.0 Å². The van der Waals surface area contributed by atoms with Crippen molar-refractivity contribution in [1.29, 1.82) is 0 Å². The Hall–Kier alpha value is -2.83. The van der Waals surface area contributed by atoms with Gasteiger partial charge in [0.25, 0.3) is 0 Å². The molecule has 1 aliphatic carbocycles. The average molecular weight is 344 g/mol. The number of hydrogen-bond acceptors (Lipinski definition) is 5. The van der Waals surface area contributed by atoms with Crippen LogP contribution in [0.1, 0.15) is 41.7 Å². The molecule has 7 heteroatoms. The van der Waals surface area contributed by atoms with Gasteiger partial charge in [0.2, 0.25) is 0 Å². The second-order valence-electron chi connectivity index (χ2n) is 6.09. The number of nitrogens with one attached hydrogen (secondary N) is 1. The van der Waals surface area contributed by atoms with Crippen LogP contribution in [0.25, 0.3) is 0 Å². The van der Waals surface area contributed by atoms with Crippen LogP contribution in [0.3, 0.4) is 0 Å². The fourth-order valence-corrected chi connectivity index (χ4v) is 3.08. The van der Waals surface area contributed by atoms with Crippen molar-refractivity contribution >= 4 is 18.0 Å². The van der Waals surface area contributed by atoms with E-state index in [0.717, 1.165) is 12.8 Å². The summed E-state index contributed by atoms with van der Waals surface area (Å²) in [6.07, 6.45) is 1.86. The van der Waals surface area contributed by atoms with E-state index in [1.165, 1.54) is 14.2 Å². The molecule has 1 aromatic carbocycles. The molecule has 1 heterocycles. The van der Waals surface area contributed by atoms with Gasteiger partial charge in [0.1, 0.15) is 0 Å². The summed E-state index contributed by atoms with van der Waals surface area (Å²) in [5, 5.41) is 2.87. The van der Waals surface area contributed by atoms with Crippen LogP contribution < -0.4 is 5.32 Å². The Morgan fingerprint density at radius 2 is 1.68 bits per heavy atom. The SMILES string of the molecule is COC(=O)C1=C(C)N(C2CC2)C(=O)N[C@@H]1c1ccc(C(=O)OC)cc1. The van der Waals surface area contributed by atoms with Crippen LogP contribution in [0.5, 0.6) is 0 Å². The van der Waals surface area contributed by atoms with E-state index in [0.29, 0.717) is 22.4 Å². The lowest BCUT2D eigenvalue weighted by atomic mass is 9.94. The maximum Gasteiger partial charge on any atom is 0.337 e. The first-order valence-corrected chi connectivity index (χ1v) is 8.05. The molecule has 0 radical (unpaired) electrons. The molecule has 1 atom stereocenters. The third-order valence-corrected chi connectivity index (χ3v) is 4.51. The van der Waals surface area contributed by atoms with E-state index in [9.17, 15) is 14.4 Å². The highest BCUT2D eigenvalue weighted by molar-refractivity contribution is 5.95. The monoisotopic (exact) mass is 344 g/mol. The van der Waals surface area contributed by atoms with Gasteiger partial charge in [-0.3, -0.25) is 4.90 Å². The van der Waals surface area contributed by atoms with E-state index in [4.69, 9.17) is 4.74 Å². The minimum Gasteiger partial charge on any atom is -0.466 e. The maximum absolute atomic E-state index is 12.5. The van der Waals surface area contributed by atoms with Gasteiger partial charge in [-0.25, -0.2) is 14.4 Å². The van der Waals surface area contributed by atoms with Gasteiger partial charge in [-0.05, 0) is 37.5 Å². The van der Waals surface area contributed by atoms with E-state index in [2.05, 4.69) is 10.1 Å². The van der Waals surface area contributed by atoms with Crippen LogP contribution in [0.15, 0.2) is 35.5 Å². The molecule has 1 aliphatic heterocycles. The normalized spacial score (nSPS) is 20.2. The van der Waals surface area contributed by atoms with Crippen LogP contribution in [0, 0.1) is 0 Å². The number of carbonyl (C=O) groups excluding carboxylic acids is 3. The molecular weight excluding hydrogens is 324 g/mol. The fraction of sp³-hybridized carbons (Fsp3) is 0.389. The lowest BCUT2D eigenvalue weighted by molar-refractivity contribution is -0.136. The number of esters is 2. The molecule has 7 nitrogen and oxygen atoms in total. The van der Waals surface area contributed by atoms with E-state index >= 15 is 0 Å². The van der Waals surface area contributed by atoms with Crippen molar-refractivity contribution in [2.75, 3.05) is 14.2 Å². The Bertz CT molecular complexity index is 749. The highest BCUT2D eigenvalue weighted by Crippen LogP contribution is 2.37. The number of nitrogens with zero attached hydrogens (tertiary/aromatic N) is 1. The summed E-state index contributed by atoms with van der Waals surface area (Å²) in [5.41, 5.74) is 2.10. The molecule has 3 rings (SSSR count). The van der Waals surface area contributed by atoms with Gasteiger partial charge in [-0.2, -0.15) is 0 Å². The van der Waals surface area contributed by atoms with Crippen LogP contribution in [-0.2, 0) is 14.3 Å². The van der Waals surface area contributed by atoms with Gasteiger partial charge in [0.15, 0.2) is 0 Å². The van der Waals surface area contributed by atoms with Gasteiger partial charge in [-0.1, -0.05) is 12.1 Å². The quantitative estimate of drug-likeness (QED) is 0.846. The first-order valence-electron chi connectivity index (χ1n) is 8.05. The van der Waals surface area contributed by atoms with Crippen molar-refractivity contribution in [3.8, 4) is 0 Å². The summed E-state index contributed by atoms with van der Waals surface area (Å²) in [4.78, 5) is 38.0. The minimum absolute atomic E-state index is 0.141. The average Bonchev–Trinajstić information content (AvgIpc) is 3.45. The minimum atomic E-state index is -0.623. The third-order valence-electron chi connectivity index (χ3n) is 4.51. The van der Waals surface area contributed by atoms with Gasteiger partial charge in [-0.15, -0.1) is 0 Å². The van der Waals surface area contributed by atoms with Crippen LogP contribution in [-0.4, -0.2) is 43.1 Å². The molecule has 132 valence electrons. The molecule has 1 saturated carbocycles. The van der Waals surface area contributed by atoms with Crippen molar-refractivity contribution in [2.45, 2.75) is 31.8 Å². The molecule has 0 saturated heterocycles. The molecule has 1 N–H and O–H groups in total. The zero-order valence-corrected chi connectivity index (χ0v) is 14.4. The van der Waals surface area contributed by atoms with Gasteiger partial charge < -0.3 is 14.8 Å². The van der Waals surface area contributed by atoms with Gasteiger partial charge in [0.05, 0.1) is 31.4 Å². The smallest absolute Gasteiger partial charge is 0.337 e. The maximum atomic E-state index is 12.5. The van der Waals surface area contributed by atoms with Crippen molar-refractivity contribution in [3.05, 3.63) is 46.7 Å². The molecule has 0 aromatic heterocycles. The highest BCUT2D eigenvalue weighted by Gasteiger charge is 2.42. The van der Waals surface area contributed by atoms with Crippen molar-refractivity contribution in [2.24, 2.45) is 0 Å². The first kappa shape index (κ1) is 17.0. The van der Waals surface area contributed by atoms with Crippen LogP contribution in [0.2, 0.25) is 0 Å². The summed E-state index contributed by atoms with van der Waals surface area (Å²) in [6, 6.07) is 5.88.